The highest BCUT2D eigenvalue weighted by Gasteiger charge is 2.44. The molecule has 0 saturated heterocycles. The molecule has 0 saturated carbocycles. The third kappa shape index (κ3) is 3.82. The van der Waals surface area contributed by atoms with Gasteiger partial charge in [0.2, 0.25) is 0 Å². The van der Waals surface area contributed by atoms with Gasteiger partial charge in [-0.15, -0.1) is 0 Å². The largest absolute Gasteiger partial charge is 0.311 e. The van der Waals surface area contributed by atoms with Gasteiger partial charge in [0, 0.05) is 22.7 Å². The van der Waals surface area contributed by atoms with Crippen molar-refractivity contribution in [2.45, 2.75) is 73.1 Å². The standard InChI is InChI=1S/C43H42BN3/c1-25-20-27(3)40-37(23-25)46-33-13-11-10-12-31(33)38-41(46)47(40)36-22-26(2)21-35-39(36)44(38)32-24-29(43(7,8)9)16-19-34(32)45(35)30-17-14-28(15-18-30)42(4,5)6/h10-24H,1-9H3. The minimum Gasteiger partial charge on any atom is -0.311 e. The highest BCUT2D eigenvalue weighted by Crippen LogP contribution is 2.43. The molecule has 47 heavy (non-hydrogen) atoms. The van der Waals surface area contributed by atoms with Crippen LogP contribution in [0.3, 0.4) is 0 Å². The second-order valence-electron chi connectivity index (χ2n) is 16.2. The van der Waals surface area contributed by atoms with Gasteiger partial charge < -0.3 is 4.90 Å². The molecule has 0 radical (unpaired) electrons. The number of hydrogen-bond acceptors (Lipinski definition) is 1. The van der Waals surface area contributed by atoms with Gasteiger partial charge in [0.15, 0.2) is 0 Å². The van der Waals surface area contributed by atoms with Gasteiger partial charge in [-0.1, -0.05) is 90.1 Å². The van der Waals surface area contributed by atoms with Crippen molar-refractivity contribution in [2.24, 2.45) is 0 Å². The minimum absolute atomic E-state index is 0.0287. The van der Waals surface area contributed by atoms with Gasteiger partial charge in [-0.3, -0.25) is 8.97 Å². The molecule has 9 rings (SSSR count). The Morgan fingerprint density at radius 2 is 1.23 bits per heavy atom. The average Bonchev–Trinajstić information content (AvgIpc) is 3.53. The molecule has 0 spiro atoms. The Hall–Kier alpha value is -4.70. The topological polar surface area (TPSA) is 12.6 Å². The Bertz CT molecular complexity index is 2460. The highest BCUT2D eigenvalue weighted by molar-refractivity contribution is 7.01. The molecule has 2 aliphatic rings. The molecule has 0 aliphatic carbocycles. The first-order chi connectivity index (χ1) is 22.3. The van der Waals surface area contributed by atoms with Crippen molar-refractivity contribution < 1.29 is 0 Å². The lowest BCUT2D eigenvalue weighted by atomic mass is 9.33. The van der Waals surface area contributed by atoms with Crippen LogP contribution in [0.15, 0.2) is 91.0 Å². The summed E-state index contributed by atoms with van der Waals surface area (Å²) in [4.78, 5) is 2.54. The van der Waals surface area contributed by atoms with Crippen LogP contribution in [0.1, 0.15) is 69.4 Å². The molecule has 2 aliphatic heterocycles. The van der Waals surface area contributed by atoms with E-state index < -0.39 is 0 Å². The van der Waals surface area contributed by atoms with Gasteiger partial charge in [0.05, 0.1) is 16.6 Å². The molecule has 2 aromatic heterocycles. The van der Waals surface area contributed by atoms with Gasteiger partial charge in [-0.25, -0.2) is 0 Å². The van der Waals surface area contributed by atoms with Crippen molar-refractivity contribution >= 4 is 67.7 Å². The Kier molecular flexibility index (Phi) is 5.60. The zero-order valence-electron chi connectivity index (χ0n) is 29.1. The monoisotopic (exact) mass is 611 g/mol. The maximum Gasteiger partial charge on any atom is 0.255 e. The van der Waals surface area contributed by atoms with Crippen LogP contribution in [0, 0.1) is 20.8 Å². The van der Waals surface area contributed by atoms with E-state index in [1.807, 2.05) is 0 Å². The molecule has 5 aromatic carbocycles. The van der Waals surface area contributed by atoms with E-state index in [0.29, 0.717) is 0 Å². The van der Waals surface area contributed by atoms with Gasteiger partial charge >= 0.3 is 0 Å². The van der Waals surface area contributed by atoms with E-state index in [2.05, 4.69) is 167 Å². The SMILES string of the molecule is Cc1cc2c3c(c1)-n1c4c(C)cc(C)cc4n4c5ccccc5c(c14)B3c1cc(C(C)(C)C)ccc1N2c1ccc(C(C)(C)C)cc1. The van der Waals surface area contributed by atoms with Gasteiger partial charge in [0.25, 0.3) is 6.71 Å². The molecule has 232 valence electrons. The van der Waals surface area contributed by atoms with E-state index in [0.717, 1.165) is 0 Å². The molecule has 0 bridgehead atoms. The minimum atomic E-state index is 0.0287. The van der Waals surface area contributed by atoms with Crippen molar-refractivity contribution in [3.05, 3.63) is 119 Å². The van der Waals surface area contributed by atoms with Gasteiger partial charge in [-0.2, -0.15) is 0 Å². The summed E-state index contributed by atoms with van der Waals surface area (Å²) >= 11 is 0. The number of aryl methyl sites for hydroxylation is 3. The summed E-state index contributed by atoms with van der Waals surface area (Å²) in [6.07, 6.45) is 0. The van der Waals surface area contributed by atoms with Crippen molar-refractivity contribution in [3.8, 4) is 5.69 Å². The number of hydrogen-bond donors (Lipinski definition) is 0. The maximum atomic E-state index is 2.60. The van der Waals surface area contributed by atoms with Crippen LogP contribution in [0.2, 0.25) is 0 Å². The van der Waals surface area contributed by atoms with E-state index >= 15 is 0 Å². The lowest BCUT2D eigenvalue weighted by Gasteiger charge is -2.41. The zero-order valence-corrected chi connectivity index (χ0v) is 29.1. The van der Waals surface area contributed by atoms with E-state index in [-0.39, 0.29) is 17.5 Å². The van der Waals surface area contributed by atoms with Crippen LogP contribution < -0.4 is 21.3 Å². The molecule has 4 heterocycles. The van der Waals surface area contributed by atoms with Crippen molar-refractivity contribution in [2.75, 3.05) is 4.90 Å². The molecular weight excluding hydrogens is 569 g/mol. The van der Waals surface area contributed by atoms with E-state index in [9.17, 15) is 0 Å². The quantitative estimate of drug-likeness (QED) is 0.169. The summed E-state index contributed by atoms with van der Waals surface area (Å²) in [6, 6.07) is 35.2. The second-order valence-corrected chi connectivity index (χ2v) is 16.2. The maximum absolute atomic E-state index is 2.60. The second kappa shape index (κ2) is 9.22. The molecular formula is C43H42BN3. The normalized spacial score (nSPS) is 14.0. The van der Waals surface area contributed by atoms with Crippen molar-refractivity contribution in [1.29, 1.82) is 0 Å². The molecule has 0 amide bonds. The van der Waals surface area contributed by atoms with Crippen LogP contribution >= 0.6 is 0 Å². The first-order valence-corrected chi connectivity index (χ1v) is 17.1. The third-order valence-electron chi connectivity index (χ3n) is 10.8. The predicted octanol–water partition coefficient (Wildman–Crippen LogP) is 9.17. The number of anilines is 3. The molecule has 0 atom stereocenters. The fourth-order valence-electron chi connectivity index (χ4n) is 8.59. The van der Waals surface area contributed by atoms with E-state index in [1.165, 1.54) is 94.5 Å². The molecule has 3 nitrogen and oxygen atoms in total. The zero-order chi connectivity index (χ0) is 32.7. The van der Waals surface area contributed by atoms with Crippen LogP contribution in [0.25, 0.3) is 33.3 Å². The number of benzene rings is 5. The summed E-state index contributed by atoms with van der Waals surface area (Å²) in [5, 5.41) is 1.34. The number of aromatic nitrogens is 2. The number of nitrogens with zero attached hydrogens (tertiary/aromatic N) is 3. The van der Waals surface area contributed by atoms with E-state index in [4.69, 9.17) is 0 Å². The van der Waals surface area contributed by atoms with Gasteiger partial charge in [0.1, 0.15) is 5.65 Å². The number of fused-ring (bicyclic) bond motifs is 10. The smallest absolute Gasteiger partial charge is 0.255 e. The fourth-order valence-corrected chi connectivity index (χ4v) is 8.59. The summed E-state index contributed by atoms with van der Waals surface area (Å²) < 4.78 is 5.15. The third-order valence-corrected chi connectivity index (χ3v) is 10.8. The van der Waals surface area contributed by atoms with Crippen LogP contribution in [0.4, 0.5) is 17.1 Å². The van der Waals surface area contributed by atoms with Gasteiger partial charge in [-0.05, 0) is 124 Å². The Balaban J connectivity index is 1.47. The number of imidazole rings is 1. The molecule has 7 aromatic rings. The van der Waals surface area contributed by atoms with Crippen molar-refractivity contribution in [3.63, 3.8) is 0 Å². The predicted molar refractivity (Wildman–Crippen MR) is 203 cm³/mol. The Morgan fingerprint density at radius 3 is 1.96 bits per heavy atom. The molecule has 4 heteroatoms. The number of para-hydroxylation sites is 1. The first kappa shape index (κ1) is 28.5. The first-order valence-electron chi connectivity index (χ1n) is 17.1. The Morgan fingerprint density at radius 1 is 0.574 bits per heavy atom. The summed E-state index contributed by atoms with van der Waals surface area (Å²) in [7, 11) is 0. The average molecular weight is 612 g/mol. The fraction of sp³-hybridized carbons (Fsp3) is 0.256. The number of rotatable bonds is 1. The molecule has 0 N–H and O–H groups in total. The molecule has 0 unspecified atom stereocenters. The summed E-state index contributed by atoms with van der Waals surface area (Å²) in [5.41, 5.74) is 21.2. The Labute approximate surface area is 278 Å². The van der Waals surface area contributed by atoms with Crippen LogP contribution in [0.5, 0.6) is 0 Å². The summed E-state index contributed by atoms with van der Waals surface area (Å²) in [5.74, 6) is 0. The lowest BCUT2D eigenvalue weighted by Crippen LogP contribution is -2.60. The van der Waals surface area contributed by atoms with Crippen molar-refractivity contribution in [1.82, 2.24) is 8.97 Å². The summed E-state index contributed by atoms with van der Waals surface area (Å²) in [6.45, 7) is 20.7. The lowest BCUT2D eigenvalue weighted by molar-refractivity contribution is 0.590. The van der Waals surface area contributed by atoms with Crippen LogP contribution in [-0.2, 0) is 10.8 Å². The van der Waals surface area contributed by atoms with Crippen LogP contribution in [-0.4, -0.2) is 15.7 Å². The highest BCUT2D eigenvalue weighted by atomic mass is 15.2. The van der Waals surface area contributed by atoms with E-state index in [1.54, 1.807) is 0 Å². The molecule has 0 fully saturated rings.